The van der Waals surface area contributed by atoms with Crippen molar-refractivity contribution in [3.63, 3.8) is 0 Å². The number of aliphatic imine (C=N–C) groups is 2. The molecule has 2 fully saturated rings. The molecule has 26 heavy (non-hydrogen) atoms. The van der Waals surface area contributed by atoms with Crippen LogP contribution in [0.3, 0.4) is 0 Å². The third-order valence-electron chi connectivity index (χ3n) is 5.81. The largest absolute Gasteiger partial charge is 0.369 e. The van der Waals surface area contributed by atoms with Crippen molar-refractivity contribution in [3.05, 3.63) is 24.4 Å². The standard InChI is InChI=1S/C19H27N5O2/c1-5-16(26)23-8-6-13-7-9-24(15(13)11-23)19(21-4)17-14(12(2)25)10-22-18(17)20-3/h5,10,13,15,17-18,22H,1,3,6-9,11H2,2,4H3. The fourth-order valence-corrected chi connectivity index (χ4v) is 4.49. The van der Waals surface area contributed by atoms with Crippen LogP contribution in [-0.4, -0.2) is 72.9 Å². The Morgan fingerprint density at radius 2 is 2.08 bits per heavy atom. The van der Waals surface area contributed by atoms with Crippen LogP contribution in [0.2, 0.25) is 0 Å². The van der Waals surface area contributed by atoms with Crippen LogP contribution in [0, 0.1) is 11.8 Å². The molecule has 0 aromatic heterocycles. The number of Topliss-reactive ketones (excluding diaryl/α,β-unsaturated/α-hetero) is 1. The maximum Gasteiger partial charge on any atom is 0.246 e. The number of likely N-dealkylation sites (tertiary alicyclic amines) is 2. The highest BCUT2D eigenvalue weighted by atomic mass is 16.2. The van der Waals surface area contributed by atoms with E-state index in [1.54, 1.807) is 20.2 Å². The van der Waals surface area contributed by atoms with Crippen molar-refractivity contribution in [1.82, 2.24) is 15.1 Å². The van der Waals surface area contributed by atoms with Gasteiger partial charge in [0, 0.05) is 38.5 Å². The van der Waals surface area contributed by atoms with E-state index in [2.05, 4.69) is 33.5 Å². The van der Waals surface area contributed by atoms with Gasteiger partial charge in [0.1, 0.15) is 12.0 Å². The molecule has 0 aliphatic carbocycles. The topological polar surface area (TPSA) is 77.4 Å². The lowest BCUT2D eigenvalue weighted by Crippen LogP contribution is -2.53. The van der Waals surface area contributed by atoms with Crippen molar-refractivity contribution in [1.29, 1.82) is 0 Å². The second-order valence-electron chi connectivity index (χ2n) is 7.10. The predicted octanol–water partition coefficient (Wildman–Crippen LogP) is 0.843. The quantitative estimate of drug-likeness (QED) is 0.460. The monoisotopic (exact) mass is 357 g/mol. The summed E-state index contributed by atoms with van der Waals surface area (Å²) in [7, 11) is 1.76. The van der Waals surface area contributed by atoms with Gasteiger partial charge in [0.05, 0.1) is 12.0 Å². The number of piperidine rings is 1. The van der Waals surface area contributed by atoms with E-state index in [0.717, 1.165) is 31.8 Å². The van der Waals surface area contributed by atoms with Crippen LogP contribution >= 0.6 is 0 Å². The molecule has 4 unspecified atom stereocenters. The molecule has 1 N–H and O–H groups in total. The van der Waals surface area contributed by atoms with Crippen molar-refractivity contribution in [2.75, 3.05) is 26.7 Å². The Morgan fingerprint density at radius 1 is 1.35 bits per heavy atom. The first-order chi connectivity index (χ1) is 12.5. The highest BCUT2D eigenvalue weighted by molar-refractivity contribution is 6.03. The van der Waals surface area contributed by atoms with Crippen LogP contribution in [-0.2, 0) is 9.59 Å². The van der Waals surface area contributed by atoms with E-state index >= 15 is 0 Å². The molecule has 1 amide bonds. The molecule has 0 spiro atoms. The number of hydrogen-bond donors (Lipinski definition) is 1. The number of nitrogens with zero attached hydrogens (tertiary/aromatic N) is 4. The zero-order valence-electron chi connectivity index (χ0n) is 15.5. The molecule has 2 saturated heterocycles. The molecule has 0 radical (unpaired) electrons. The average molecular weight is 357 g/mol. The van der Waals surface area contributed by atoms with E-state index < -0.39 is 0 Å². The van der Waals surface area contributed by atoms with Gasteiger partial charge in [-0.1, -0.05) is 6.58 Å². The summed E-state index contributed by atoms with van der Waals surface area (Å²) < 4.78 is 0. The number of amides is 1. The second kappa shape index (κ2) is 7.43. The second-order valence-corrected chi connectivity index (χ2v) is 7.10. The summed E-state index contributed by atoms with van der Waals surface area (Å²) >= 11 is 0. The first-order valence-corrected chi connectivity index (χ1v) is 9.09. The molecule has 3 aliphatic heterocycles. The molecule has 3 rings (SSSR count). The van der Waals surface area contributed by atoms with Crippen molar-refractivity contribution >= 4 is 24.2 Å². The van der Waals surface area contributed by atoms with Crippen molar-refractivity contribution < 1.29 is 9.59 Å². The molecule has 140 valence electrons. The Hall–Kier alpha value is -2.44. The summed E-state index contributed by atoms with van der Waals surface area (Å²) in [5.74, 6) is 1.14. The number of carbonyl (C=O) groups excluding carboxylic acids is 2. The third kappa shape index (κ3) is 3.06. The molecular formula is C19H27N5O2. The fraction of sp³-hybridized carbons (Fsp3) is 0.579. The van der Waals surface area contributed by atoms with Gasteiger partial charge in [-0.3, -0.25) is 19.6 Å². The van der Waals surface area contributed by atoms with Crippen molar-refractivity contribution in [2.45, 2.75) is 32.0 Å². The van der Waals surface area contributed by atoms with E-state index in [9.17, 15) is 9.59 Å². The summed E-state index contributed by atoms with van der Waals surface area (Å²) in [6.07, 6.45) is 4.88. The van der Waals surface area contributed by atoms with Gasteiger partial charge >= 0.3 is 0 Å². The third-order valence-corrected chi connectivity index (χ3v) is 5.81. The summed E-state index contributed by atoms with van der Waals surface area (Å²) in [6.45, 7) is 11.2. The normalized spacial score (nSPS) is 31.2. The molecule has 3 aliphatic rings. The summed E-state index contributed by atoms with van der Waals surface area (Å²) in [5.41, 5.74) is 0.682. The molecular weight excluding hydrogens is 330 g/mol. The fourth-order valence-electron chi connectivity index (χ4n) is 4.49. The van der Waals surface area contributed by atoms with E-state index in [0.29, 0.717) is 18.0 Å². The highest BCUT2D eigenvalue weighted by Gasteiger charge is 2.45. The molecule has 4 atom stereocenters. The maximum absolute atomic E-state index is 12.1. The van der Waals surface area contributed by atoms with E-state index in [1.165, 1.54) is 6.08 Å². The van der Waals surface area contributed by atoms with Gasteiger partial charge in [0.2, 0.25) is 5.91 Å². The van der Waals surface area contributed by atoms with Crippen LogP contribution in [0.15, 0.2) is 34.4 Å². The van der Waals surface area contributed by atoms with Crippen molar-refractivity contribution in [2.24, 2.45) is 21.8 Å². The number of nitrogens with one attached hydrogen (secondary N) is 1. The lowest BCUT2D eigenvalue weighted by atomic mass is 9.90. The van der Waals surface area contributed by atoms with Gasteiger partial charge in [-0.25, -0.2) is 0 Å². The van der Waals surface area contributed by atoms with Crippen LogP contribution in [0.1, 0.15) is 19.8 Å². The lowest BCUT2D eigenvalue weighted by molar-refractivity contribution is -0.128. The Labute approximate surface area is 154 Å². The zero-order chi connectivity index (χ0) is 18.8. The van der Waals surface area contributed by atoms with Gasteiger partial charge in [-0.2, -0.15) is 0 Å². The average Bonchev–Trinajstić information content (AvgIpc) is 3.26. The van der Waals surface area contributed by atoms with Crippen LogP contribution in [0.25, 0.3) is 0 Å². The number of rotatable bonds is 4. The molecule has 7 heteroatoms. The van der Waals surface area contributed by atoms with E-state index in [4.69, 9.17) is 0 Å². The molecule has 7 nitrogen and oxygen atoms in total. The van der Waals surface area contributed by atoms with Crippen LogP contribution < -0.4 is 5.32 Å². The number of fused-ring (bicyclic) bond motifs is 1. The minimum atomic E-state index is -0.291. The highest BCUT2D eigenvalue weighted by Crippen LogP contribution is 2.36. The Morgan fingerprint density at radius 3 is 2.69 bits per heavy atom. The zero-order valence-corrected chi connectivity index (χ0v) is 15.5. The maximum atomic E-state index is 12.1. The molecule has 3 heterocycles. The Balaban J connectivity index is 1.87. The lowest BCUT2D eigenvalue weighted by Gasteiger charge is -2.40. The predicted molar refractivity (Wildman–Crippen MR) is 102 cm³/mol. The molecule has 0 bridgehead atoms. The minimum absolute atomic E-state index is 0.0117. The van der Waals surface area contributed by atoms with Crippen LogP contribution in [0.4, 0.5) is 0 Å². The number of amidine groups is 1. The van der Waals surface area contributed by atoms with Gasteiger partial charge in [-0.15, -0.1) is 0 Å². The Bertz CT molecular complexity index is 683. The molecule has 0 aromatic carbocycles. The minimum Gasteiger partial charge on any atom is -0.369 e. The van der Waals surface area contributed by atoms with Crippen molar-refractivity contribution in [3.8, 4) is 0 Å². The molecule has 0 saturated carbocycles. The first-order valence-electron chi connectivity index (χ1n) is 9.09. The number of carbonyl (C=O) groups is 2. The number of hydrogen-bond acceptors (Lipinski definition) is 5. The Kier molecular flexibility index (Phi) is 5.25. The smallest absolute Gasteiger partial charge is 0.246 e. The summed E-state index contributed by atoms with van der Waals surface area (Å²) in [6, 6.07) is 0.214. The van der Waals surface area contributed by atoms with Gasteiger partial charge in [0.15, 0.2) is 5.78 Å². The SMILES string of the molecule is C=CC(=O)N1CCC2CCN(C(=NC)C3C(C(C)=O)=CNC3N=C)C2C1. The first kappa shape index (κ1) is 18.4. The van der Waals surface area contributed by atoms with E-state index in [-0.39, 0.29) is 29.8 Å². The van der Waals surface area contributed by atoms with Crippen LogP contribution in [0.5, 0.6) is 0 Å². The van der Waals surface area contributed by atoms with Gasteiger partial charge in [0.25, 0.3) is 0 Å². The summed E-state index contributed by atoms with van der Waals surface area (Å²) in [5, 5.41) is 3.14. The molecule has 0 aromatic rings. The van der Waals surface area contributed by atoms with Gasteiger partial charge in [-0.05, 0) is 38.5 Å². The van der Waals surface area contributed by atoms with E-state index in [1.807, 2.05) is 4.90 Å². The van der Waals surface area contributed by atoms with Gasteiger partial charge < -0.3 is 15.1 Å². The number of ketones is 1. The summed E-state index contributed by atoms with van der Waals surface area (Å²) in [4.78, 5) is 37.0.